The number of allylic oxidation sites excluding steroid dienone is 2. The van der Waals surface area contributed by atoms with Gasteiger partial charge in [-0.15, -0.1) is 0 Å². The maximum Gasteiger partial charge on any atom is 0.0305 e. The largest absolute Gasteiger partial charge is 0.264 e. The lowest BCUT2D eigenvalue weighted by molar-refractivity contribution is 0.970. The number of hydrogen-bond acceptors (Lipinski definition) is 1. The maximum absolute atomic E-state index is 4.24. The smallest absolute Gasteiger partial charge is 0.0305 e. The standard InChI is InChI=1S/C17H17N/c1-13(16-8-5-11-18-12-16)17(15-9-10-15)14-6-3-2-4-7-14/h2-8,11-13H,9-10H2,1H3. The average Bonchev–Trinajstić information content (AvgIpc) is 3.26. The third-order valence-electron chi connectivity index (χ3n) is 3.58. The molecule has 18 heavy (non-hydrogen) atoms. The highest BCUT2D eigenvalue weighted by atomic mass is 14.6. The maximum atomic E-state index is 4.24. The molecule has 0 amide bonds. The highest BCUT2D eigenvalue weighted by molar-refractivity contribution is 5.76. The van der Waals surface area contributed by atoms with Crippen LogP contribution < -0.4 is 0 Å². The van der Waals surface area contributed by atoms with E-state index in [4.69, 9.17) is 0 Å². The predicted octanol–water partition coefficient (Wildman–Crippen LogP) is 4.43. The fourth-order valence-corrected chi connectivity index (χ4v) is 2.51. The van der Waals surface area contributed by atoms with Gasteiger partial charge in [0.1, 0.15) is 0 Å². The predicted molar refractivity (Wildman–Crippen MR) is 75.2 cm³/mol. The van der Waals surface area contributed by atoms with Crippen molar-refractivity contribution >= 4 is 5.57 Å². The molecule has 1 aliphatic rings. The molecular formula is C17H17N. The van der Waals surface area contributed by atoms with E-state index in [-0.39, 0.29) is 0 Å². The summed E-state index contributed by atoms with van der Waals surface area (Å²) in [5, 5.41) is 0. The van der Waals surface area contributed by atoms with Crippen LogP contribution in [0.5, 0.6) is 0 Å². The zero-order chi connectivity index (χ0) is 12.4. The number of benzene rings is 1. The highest BCUT2D eigenvalue weighted by Gasteiger charge is 2.23. The van der Waals surface area contributed by atoms with Gasteiger partial charge in [0, 0.05) is 18.3 Å². The summed E-state index contributed by atoms with van der Waals surface area (Å²) < 4.78 is 0. The summed E-state index contributed by atoms with van der Waals surface area (Å²) in [4.78, 5) is 4.24. The van der Waals surface area contributed by atoms with Crippen molar-refractivity contribution in [1.82, 2.24) is 4.98 Å². The van der Waals surface area contributed by atoms with Crippen LogP contribution in [0.2, 0.25) is 0 Å². The molecule has 1 atom stereocenters. The summed E-state index contributed by atoms with van der Waals surface area (Å²) in [6.07, 6.45) is 6.34. The van der Waals surface area contributed by atoms with Gasteiger partial charge in [0.05, 0.1) is 0 Å². The first kappa shape index (κ1) is 11.2. The van der Waals surface area contributed by atoms with Gasteiger partial charge >= 0.3 is 0 Å². The van der Waals surface area contributed by atoms with Gasteiger partial charge in [-0.1, -0.05) is 48.9 Å². The van der Waals surface area contributed by atoms with Crippen LogP contribution in [0.3, 0.4) is 0 Å². The SMILES string of the molecule is CC(C(=C1CC1)c1ccccc1)c1cccnc1. The van der Waals surface area contributed by atoms with Crippen molar-refractivity contribution in [3.8, 4) is 0 Å². The molecular weight excluding hydrogens is 218 g/mol. The molecule has 1 aliphatic carbocycles. The van der Waals surface area contributed by atoms with Gasteiger partial charge in [0.25, 0.3) is 0 Å². The quantitative estimate of drug-likeness (QED) is 0.766. The van der Waals surface area contributed by atoms with Crippen LogP contribution in [-0.4, -0.2) is 4.98 Å². The number of hydrogen-bond donors (Lipinski definition) is 0. The van der Waals surface area contributed by atoms with Gasteiger partial charge in [-0.3, -0.25) is 4.98 Å². The van der Waals surface area contributed by atoms with Gasteiger partial charge in [0.15, 0.2) is 0 Å². The van der Waals surface area contributed by atoms with Crippen LogP contribution in [0.1, 0.15) is 36.8 Å². The Bertz CT molecular complexity index is 549. The zero-order valence-corrected chi connectivity index (χ0v) is 10.6. The third kappa shape index (κ3) is 2.21. The molecule has 1 heterocycles. The van der Waals surface area contributed by atoms with Gasteiger partial charge in [-0.05, 0) is 35.6 Å². The second-order valence-corrected chi connectivity index (χ2v) is 4.89. The molecule has 1 nitrogen and oxygen atoms in total. The summed E-state index contributed by atoms with van der Waals surface area (Å²) >= 11 is 0. The summed E-state index contributed by atoms with van der Waals surface area (Å²) in [5.74, 6) is 0.429. The number of nitrogens with zero attached hydrogens (tertiary/aromatic N) is 1. The van der Waals surface area contributed by atoms with Crippen molar-refractivity contribution in [3.05, 3.63) is 71.6 Å². The summed E-state index contributed by atoms with van der Waals surface area (Å²) in [6.45, 7) is 2.28. The molecule has 3 rings (SSSR count). The normalized spacial score (nSPS) is 15.3. The molecule has 1 saturated carbocycles. The van der Waals surface area contributed by atoms with Gasteiger partial charge < -0.3 is 0 Å². The lowest BCUT2D eigenvalue weighted by Gasteiger charge is -2.16. The van der Waals surface area contributed by atoms with E-state index in [1.807, 2.05) is 18.5 Å². The minimum absolute atomic E-state index is 0.429. The van der Waals surface area contributed by atoms with Crippen LogP contribution in [0, 0.1) is 0 Å². The first-order chi connectivity index (χ1) is 8.86. The van der Waals surface area contributed by atoms with E-state index in [0.717, 1.165) is 0 Å². The number of pyridine rings is 1. The number of aromatic nitrogens is 1. The van der Waals surface area contributed by atoms with Crippen LogP contribution in [0.15, 0.2) is 60.4 Å². The summed E-state index contributed by atoms with van der Waals surface area (Å²) in [7, 11) is 0. The molecule has 1 aromatic heterocycles. The van der Waals surface area contributed by atoms with E-state index in [0.29, 0.717) is 5.92 Å². The van der Waals surface area contributed by atoms with Gasteiger partial charge in [-0.2, -0.15) is 0 Å². The molecule has 0 spiro atoms. The molecule has 0 saturated heterocycles. The molecule has 90 valence electrons. The Balaban J connectivity index is 2.01. The molecule has 2 aromatic rings. The molecule has 0 aliphatic heterocycles. The molecule has 0 bridgehead atoms. The van der Waals surface area contributed by atoms with Crippen LogP contribution >= 0.6 is 0 Å². The molecule has 1 heteroatoms. The lowest BCUT2D eigenvalue weighted by atomic mass is 9.88. The highest BCUT2D eigenvalue weighted by Crippen LogP contribution is 2.43. The fourth-order valence-electron chi connectivity index (χ4n) is 2.51. The second-order valence-electron chi connectivity index (χ2n) is 4.89. The first-order valence-corrected chi connectivity index (χ1v) is 6.53. The Labute approximate surface area is 108 Å². The lowest BCUT2D eigenvalue weighted by Crippen LogP contribution is -1.98. The molecule has 1 aromatic carbocycles. The molecule has 0 N–H and O–H groups in total. The Hall–Kier alpha value is -1.89. The Morgan fingerprint density at radius 2 is 1.83 bits per heavy atom. The summed E-state index contributed by atoms with van der Waals surface area (Å²) in [5.41, 5.74) is 5.78. The van der Waals surface area contributed by atoms with Gasteiger partial charge in [0.2, 0.25) is 0 Å². The van der Waals surface area contributed by atoms with Crippen molar-refractivity contribution in [2.75, 3.05) is 0 Å². The fraction of sp³-hybridized carbons (Fsp3) is 0.235. The van der Waals surface area contributed by atoms with Crippen molar-refractivity contribution < 1.29 is 0 Å². The Morgan fingerprint density at radius 3 is 2.44 bits per heavy atom. The van der Waals surface area contributed by atoms with E-state index in [9.17, 15) is 0 Å². The van der Waals surface area contributed by atoms with Crippen LogP contribution in [-0.2, 0) is 0 Å². The summed E-state index contributed by atoms with van der Waals surface area (Å²) in [6, 6.07) is 14.9. The average molecular weight is 235 g/mol. The topological polar surface area (TPSA) is 12.9 Å². The monoisotopic (exact) mass is 235 g/mol. The second kappa shape index (κ2) is 4.77. The minimum atomic E-state index is 0.429. The van der Waals surface area contributed by atoms with Crippen molar-refractivity contribution in [2.45, 2.75) is 25.7 Å². The molecule has 0 radical (unpaired) electrons. The van der Waals surface area contributed by atoms with Crippen molar-refractivity contribution in [3.63, 3.8) is 0 Å². The van der Waals surface area contributed by atoms with Crippen molar-refractivity contribution in [2.24, 2.45) is 0 Å². The van der Waals surface area contributed by atoms with E-state index in [1.165, 1.54) is 29.5 Å². The van der Waals surface area contributed by atoms with Gasteiger partial charge in [-0.25, -0.2) is 0 Å². The van der Waals surface area contributed by atoms with Crippen LogP contribution in [0.4, 0.5) is 0 Å². The van der Waals surface area contributed by atoms with E-state index < -0.39 is 0 Å². The third-order valence-corrected chi connectivity index (χ3v) is 3.58. The molecule has 1 fully saturated rings. The zero-order valence-electron chi connectivity index (χ0n) is 10.6. The first-order valence-electron chi connectivity index (χ1n) is 6.53. The Kier molecular flexibility index (Phi) is 2.97. The van der Waals surface area contributed by atoms with Crippen molar-refractivity contribution in [1.29, 1.82) is 0 Å². The minimum Gasteiger partial charge on any atom is -0.264 e. The Morgan fingerprint density at radius 1 is 1.06 bits per heavy atom. The van der Waals surface area contributed by atoms with E-state index in [2.05, 4.69) is 48.3 Å². The van der Waals surface area contributed by atoms with E-state index in [1.54, 1.807) is 5.57 Å². The van der Waals surface area contributed by atoms with E-state index >= 15 is 0 Å². The molecule has 1 unspecified atom stereocenters. The van der Waals surface area contributed by atoms with Crippen LogP contribution in [0.25, 0.3) is 5.57 Å². The number of rotatable bonds is 3.